The first-order valence-electron chi connectivity index (χ1n) is 11.1. The highest BCUT2D eigenvalue weighted by Crippen LogP contribution is 2.37. The molecule has 1 amide bonds. The van der Waals surface area contributed by atoms with E-state index in [1.807, 2.05) is 35.2 Å². The van der Waals surface area contributed by atoms with E-state index < -0.39 is 0 Å². The average molecular weight is 461 g/mol. The molecule has 0 atom stereocenters. The molecule has 0 saturated heterocycles. The number of aryl methyl sites for hydroxylation is 1. The number of nitrogens with zero attached hydrogens (tertiary/aromatic N) is 1. The molecule has 1 N–H and O–H groups in total. The largest absolute Gasteiger partial charge is 0.316 e. The molecule has 2 aliphatic heterocycles. The van der Waals surface area contributed by atoms with Crippen LogP contribution in [-0.2, 0) is 24.1 Å². The lowest BCUT2D eigenvalue weighted by Crippen LogP contribution is -2.32. The molecule has 0 unspecified atom stereocenters. The number of nitrogens with one attached hydrogen (secondary N) is 1. The molecule has 2 aliphatic rings. The molecule has 2 aromatic carbocycles. The quantitative estimate of drug-likeness (QED) is 0.392. The van der Waals surface area contributed by atoms with Crippen molar-refractivity contribution in [3.8, 4) is 0 Å². The minimum absolute atomic E-state index is 0. The monoisotopic (exact) mass is 460 g/mol. The topological polar surface area (TPSA) is 49.4 Å². The van der Waals surface area contributed by atoms with E-state index in [1.54, 1.807) is 0 Å². The maximum Gasteiger partial charge on any atom is 0.227 e. The van der Waals surface area contributed by atoms with Gasteiger partial charge in [-0.1, -0.05) is 36.2 Å². The smallest absolute Gasteiger partial charge is 0.227 e. The summed E-state index contributed by atoms with van der Waals surface area (Å²) >= 11 is 6.18. The van der Waals surface area contributed by atoms with Gasteiger partial charge in [-0.3, -0.25) is 9.59 Å². The van der Waals surface area contributed by atoms with Crippen LogP contribution in [0.25, 0.3) is 0 Å². The number of Topliss-reactive ketones (excluding diaryl/α,β-unsaturated/α-hetero) is 1. The highest BCUT2D eigenvalue weighted by molar-refractivity contribution is 6.31. The minimum atomic E-state index is 0. The Kier molecular flexibility index (Phi) is 8.53. The van der Waals surface area contributed by atoms with E-state index in [2.05, 4.69) is 11.4 Å². The number of rotatable bonds is 10. The van der Waals surface area contributed by atoms with Crippen LogP contribution in [0.4, 0.5) is 5.69 Å². The number of carbonyl (C=O) groups is 2. The Morgan fingerprint density at radius 2 is 1.77 bits per heavy atom. The number of ketones is 1. The number of hydrogen-bond acceptors (Lipinski definition) is 3. The van der Waals surface area contributed by atoms with Gasteiger partial charge in [-0.2, -0.15) is 0 Å². The summed E-state index contributed by atoms with van der Waals surface area (Å²) in [5.74, 6) is 0.455. The average Bonchev–Trinajstić information content (AvgIpc) is 3.19. The maximum absolute atomic E-state index is 12.7. The van der Waals surface area contributed by atoms with Gasteiger partial charge in [-0.05, 0) is 80.1 Å². The van der Waals surface area contributed by atoms with E-state index in [-0.39, 0.29) is 24.1 Å². The van der Waals surface area contributed by atoms with Crippen LogP contribution in [-0.4, -0.2) is 31.3 Å². The molecular weight excluding hydrogens is 431 g/mol. The molecule has 166 valence electrons. The van der Waals surface area contributed by atoms with E-state index >= 15 is 0 Å². The summed E-state index contributed by atoms with van der Waals surface area (Å²) in [7, 11) is 0. The predicted molar refractivity (Wildman–Crippen MR) is 129 cm³/mol. The lowest BCUT2D eigenvalue weighted by atomic mass is 9.94. The molecule has 31 heavy (non-hydrogen) atoms. The van der Waals surface area contributed by atoms with Gasteiger partial charge in [0.15, 0.2) is 5.78 Å². The first-order valence-corrected chi connectivity index (χ1v) is 11.4. The first-order chi connectivity index (χ1) is 14.6. The Morgan fingerprint density at radius 3 is 2.58 bits per heavy atom. The number of carbonyl (C=O) groups excluding carboxylic acids is 2. The molecule has 0 saturated carbocycles. The molecule has 0 radical (unpaired) electrons. The zero-order valence-corrected chi connectivity index (χ0v) is 19.4. The third kappa shape index (κ3) is 5.68. The van der Waals surface area contributed by atoms with E-state index in [1.165, 1.54) is 16.7 Å². The van der Waals surface area contributed by atoms with Gasteiger partial charge < -0.3 is 10.2 Å². The molecule has 0 aromatic heterocycles. The fourth-order valence-electron chi connectivity index (χ4n) is 4.52. The number of halogens is 2. The van der Waals surface area contributed by atoms with E-state index in [0.717, 1.165) is 74.4 Å². The first kappa shape index (κ1) is 23.8. The fraction of sp³-hybridized carbons (Fsp3) is 0.440. The van der Waals surface area contributed by atoms with Gasteiger partial charge in [0, 0.05) is 30.0 Å². The third-order valence-corrected chi connectivity index (χ3v) is 6.53. The van der Waals surface area contributed by atoms with Gasteiger partial charge in [-0.25, -0.2) is 0 Å². The Bertz CT molecular complexity index is 945. The second-order valence-corrected chi connectivity index (χ2v) is 8.67. The molecule has 2 heterocycles. The molecule has 0 aliphatic carbocycles. The minimum Gasteiger partial charge on any atom is -0.316 e. The summed E-state index contributed by atoms with van der Waals surface area (Å²) in [6.45, 7) is 2.65. The van der Waals surface area contributed by atoms with E-state index in [4.69, 9.17) is 11.6 Å². The van der Waals surface area contributed by atoms with Crippen molar-refractivity contribution in [3.05, 3.63) is 63.7 Å². The highest BCUT2D eigenvalue weighted by atomic mass is 35.5. The summed E-state index contributed by atoms with van der Waals surface area (Å²) < 4.78 is 0. The fourth-order valence-corrected chi connectivity index (χ4v) is 4.75. The zero-order valence-electron chi connectivity index (χ0n) is 17.8. The van der Waals surface area contributed by atoms with E-state index in [9.17, 15) is 9.59 Å². The molecular formula is C25H30Cl2N2O2. The van der Waals surface area contributed by atoms with Crippen molar-refractivity contribution in [2.45, 2.75) is 51.4 Å². The summed E-state index contributed by atoms with van der Waals surface area (Å²) in [5, 5.41) is 4.29. The van der Waals surface area contributed by atoms with Crippen LogP contribution < -0.4 is 10.2 Å². The van der Waals surface area contributed by atoms with Crippen LogP contribution in [0.2, 0.25) is 5.02 Å². The summed E-state index contributed by atoms with van der Waals surface area (Å²) in [4.78, 5) is 26.6. The van der Waals surface area contributed by atoms with Gasteiger partial charge in [0.25, 0.3) is 0 Å². The molecule has 4 nitrogen and oxygen atoms in total. The van der Waals surface area contributed by atoms with E-state index in [0.29, 0.717) is 12.8 Å². The van der Waals surface area contributed by atoms with Crippen LogP contribution in [0.1, 0.15) is 59.2 Å². The third-order valence-electron chi connectivity index (χ3n) is 6.16. The number of amides is 1. The highest BCUT2D eigenvalue weighted by Gasteiger charge is 2.31. The maximum atomic E-state index is 12.7. The lowest BCUT2D eigenvalue weighted by molar-refractivity contribution is -0.118. The molecule has 6 heteroatoms. The Labute approximate surface area is 195 Å². The normalized spacial score (nSPS) is 14.4. The lowest BCUT2D eigenvalue weighted by Gasteiger charge is -2.25. The van der Waals surface area contributed by atoms with Crippen LogP contribution >= 0.6 is 24.0 Å². The van der Waals surface area contributed by atoms with Gasteiger partial charge in [0.1, 0.15) is 0 Å². The van der Waals surface area contributed by atoms with Crippen molar-refractivity contribution in [1.82, 2.24) is 5.32 Å². The number of benzene rings is 2. The van der Waals surface area contributed by atoms with Crippen LogP contribution in [0, 0.1) is 0 Å². The Balaban J connectivity index is 0.00000272. The standard InChI is InChI=1S/C25H29ClN2O2.ClH/c26-22-7-4-3-6-18(22)11-14-27-13-5-1-2-8-23(29)21-16-19-9-10-24(30)28-15-12-20(17-21)25(19)28;/h3-4,6-7,16-17,27H,1-2,5,8-15H2;1H. The van der Waals surface area contributed by atoms with Crippen LogP contribution in [0.3, 0.4) is 0 Å². The van der Waals surface area contributed by atoms with Gasteiger partial charge in [0.2, 0.25) is 5.91 Å². The van der Waals surface area contributed by atoms with Gasteiger partial charge >= 0.3 is 0 Å². The molecule has 0 fully saturated rings. The zero-order chi connectivity index (χ0) is 20.9. The van der Waals surface area contributed by atoms with Gasteiger partial charge in [0.05, 0.1) is 5.69 Å². The molecule has 0 bridgehead atoms. The van der Waals surface area contributed by atoms with Crippen molar-refractivity contribution in [2.24, 2.45) is 0 Å². The molecule has 4 rings (SSSR count). The summed E-state index contributed by atoms with van der Waals surface area (Å²) in [5.41, 5.74) is 5.45. The second-order valence-electron chi connectivity index (χ2n) is 8.26. The number of hydrogen-bond donors (Lipinski definition) is 1. The number of anilines is 1. The SMILES string of the molecule is Cl.O=C(CCCCCNCCc1ccccc1Cl)c1cc2c3c(c1)CCN3C(=O)CC2. The van der Waals surface area contributed by atoms with Crippen LogP contribution in [0.15, 0.2) is 36.4 Å². The van der Waals surface area contributed by atoms with Crippen LogP contribution in [0.5, 0.6) is 0 Å². The van der Waals surface area contributed by atoms with Crippen molar-refractivity contribution >= 4 is 41.4 Å². The number of unbranched alkanes of at least 4 members (excludes halogenated alkanes) is 2. The van der Waals surface area contributed by atoms with Crippen molar-refractivity contribution in [2.75, 3.05) is 24.5 Å². The molecule has 0 spiro atoms. The summed E-state index contributed by atoms with van der Waals surface area (Å²) in [6, 6.07) is 12.0. The second kappa shape index (κ2) is 11.1. The van der Waals surface area contributed by atoms with Crippen molar-refractivity contribution in [3.63, 3.8) is 0 Å². The molecule has 2 aromatic rings. The Morgan fingerprint density at radius 1 is 1.00 bits per heavy atom. The van der Waals surface area contributed by atoms with Gasteiger partial charge in [-0.15, -0.1) is 12.4 Å². The van der Waals surface area contributed by atoms with Crippen molar-refractivity contribution in [1.29, 1.82) is 0 Å². The Hall–Kier alpha value is -1.88. The predicted octanol–water partition coefficient (Wildman–Crippen LogP) is 5.17. The summed E-state index contributed by atoms with van der Waals surface area (Å²) in [6.07, 6.45) is 6.76. The van der Waals surface area contributed by atoms with Crippen molar-refractivity contribution < 1.29 is 9.59 Å².